The number of fused-ring (bicyclic) bond motifs is 1. The van der Waals surface area contributed by atoms with E-state index in [1.807, 2.05) is 6.07 Å². The van der Waals surface area contributed by atoms with Crippen LogP contribution in [0.1, 0.15) is 30.0 Å². The maximum Gasteiger partial charge on any atom is 0.324 e. The highest BCUT2D eigenvalue weighted by Crippen LogP contribution is 2.29. The highest BCUT2D eigenvalue weighted by Gasteiger charge is 2.25. The van der Waals surface area contributed by atoms with E-state index in [0.717, 1.165) is 19.3 Å². The second-order valence-electron chi connectivity index (χ2n) is 4.62. The Morgan fingerprint density at radius 2 is 2.33 bits per heavy atom. The van der Waals surface area contributed by atoms with Crippen LogP contribution < -0.4 is 11.1 Å². The number of nitrogens with two attached hydrogens (primary N) is 1. The van der Waals surface area contributed by atoms with Gasteiger partial charge in [0, 0.05) is 12.6 Å². The zero-order valence-corrected chi connectivity index (χ0v) is 10.7. The smallest absolute Gasteiger partial charge is 0.324 e. The predicted octanol–water partition coefficient (Wildman–Crippen LogP) is 1.15. The Bertz CT molecular complexity index is 420. The van der Waals surface area contributed by atoms with Crippen molar-refractivity contribution in [2.45, 2.75) is 31.3 Å². The highest BCUT2D eigenvalue weighted by molar-refractivity contribution is 5.76. The first-order valence-corrected chi connectivity index (χ1v) is 6.38. The molecule has 4 heteroatoms. The number of methoxy groups -OCH3 is 1. The molecule has 1 aromatic carbocycles. The minimum absolute atomic E-state index is 0.197. The Hall–Kier alpha value is -1.39. The third-order valence-electron chi connectivity index (χ3n) is 3.49. The quantitative estimate of drug-likeness (QED) is 0.785. The van der Waals surface area contributed by atoms with E-state index in [1.165, 1.54) is 18.2 Å². The molecule has 2 rings (SSSR count). The van der Waals surface area contributed by atoms with Crippen molar-refractivity contribution in [3.8, 4) is 0 Å². The Morgan fingerprint density at radius 3 is 3.06 bits per heavy atom. The number of aryl methyl sites for hydroxylation is 1. The maximum atomic E-state index is 11.6. The molecule has 0 spiro atoms. The van der Waals surface area contributed by atoms with Gasteiger partial charge in [-0.05, 0) is 30.4 Å². The number of esters is 1. The van der Waals surface area contributed by atoms with E-state index in [4.69, 9.17) is 10.5 Å². The standard InChI is InChI=1S/C14H20N2O2/c1-18-14(17)13(9-15)16-12-8-4-6-10-5-2-3-7-11(10)12/h2-3,5,7,12-13,16H,4,6,8-9,15H2,1H3. The summed E-state index contributed by atoms with van der Waals surface area (Å²) in [6.45, 7) is 0.255. The summed E-state index contributed by atoms with van der Waals surface area (Å²) in [5.74, 6) is -0.291. The van der Waals surface area contributed by atoms with Gasteiger partial charge in [0.25, 0.3) is 0 Å². The van der Waals surface area contributed by atoms with Gasteiger partial charge in [-0.25, -0.2) is 0 Å². The normalized spacial score (nSPS) is 20.0. The average Bonchev–Trinajstić information content (AvgIpc) is 2.44. The fourth-order valence-corrected chi connectivity index (χ4v) is 2.54. The summed E-state index contributed by atoms with van der Waals surface area (Å²) in [6.07, 6.45) is 3.28. The van der Waals surface area contributed by atoms with Gasteiger partial charge in [0.2, 0.25) is 0 Å². The van der Waals surface area contributed by atoms with E-state index in [-0.39, 0.29) is 18.6 Å². The van der Waals surface area contributed by atoms with Gasteiger partial charge < -0.3 is 10.5 Å². The van der Waals surface area contributed by atoms with Crippen molar-refractivity contribution in [2.24, 2.45) is 5.73 Å². The third kappa shape index (κ3) is 2.71. The van der Waals surface area contributed by atoms with E-state index in [2.05, 4.69) is 23.5 Å². The molecule has 3 N–H and O–H groups in total. The van der Waals surface area contributed by atoms with E-state index < -0.39 is 6.04 Å². The van der Waals surface area contributed by atoms with Gasteiger partial charge in [0.05, 0.1) is 7.11 Å². The van der Waals surface area contributed by atoms with Crippen LogP contribution in [0.5, 0.6) is 0 Å². The van der Waals surface area contributed by atoms with Gasteiger partial charge in [-0.2, -0.15) is 0 Å². The summed E-state index contributed by atoms with van der Waals surface area (Å²) >= 11 is 0. The number of ether oxygens (including phenoxy) is 1. The molecule has 18 heavy (non-hydrogen) atoms. The fraction of sp³-hybridized carbons (Fsp3) is 0.500. The van der Waals surface area contributed by atoms with Gasteiger partial charge >= 0.3 is 5.97 Å². The molecular formula is C14H20N2O2. The van der Waals surface area contributed by atoms with Crippen molar-refractivity contribution in [1.82, 2.24) is 5.32 Å². The van der Waals surface area contributed by atoms with Gasteiger partial charge in [0.15, 0.2) is 0 Å². The summed E-state index contributed by atoms with van der Waals surface area (Å²) in [5.41, 5.74) is 8.27. The Morgan fingerprint density at radius 1 is 1.56 bits per heavy atom. The van der Waals surface area contributed by atoms with Crippen LogP contribution in [0.4, 0.5) is 0 Å². The van der Waals surface area contributed by atoms with E-state index >= 15 is 0 Å². The van der Waals surface area contributed by atoms with Gasteiger partial charge in [0.1, 0.15) is 6.04 Å². The lowest BCUT2D eigenvalue weighted by Crippen LogP contribution is -2.45. The number of rotatable bonds is 4. The minimum atomic E-state index is -0.425. The van der Waals surface area contributed by atoms with E-state index in [0.29, 0.717) is 0 Å². The van der Waals surface area contributed by atoms with Gasteiger partial charge in [-0.15, -0.1) is 0 Å². The maximum absolute atomic E-state index is 11.6. The van der Waals surface area contributed by atoms with Crippen LogP contribution >= 0.6 is 0 Å². The van der Waals surface area contributed by atoms with Crippen molar-refractivity contribution >= 4 is 5.97 Å². The molecule has 2 atom stereocenters. The first-order valence-electron chi connectivity index (χ1n) is 6.38. The Labute approximate surface area is 108 Å². The first kappa shape index (κ1) is 13.1. The number of nitrogens with one attached hydrogen (secondary N) is 1. The van der Waals surface area contributed by atoms with Crippen LogP contribution in [0.3, 0.4) is 0 Å². The number of carbonyl (C=O) groups excluding carboxylic acids is 1. The molecule has 2 unspecified atom stereocenters. The van der Waals surface area contributed by atoms with Crippen molar-refractivity contribution in [2.75, 3.05) is 13.7 Å². The van der Waals surface area contributed by atoms with Crippen molar-refractivity contribution in [3.05, 3.63) is 35.4 Å². The summed E-state index contributed by atoms with van der Waals surface area (Å²) in [6, 6.07) is 8.14. The minimum Gasteiger partial charge on any atom is -0.468 e. The van der Waals surface area contributed by atoms with E-state index in [1.54, 1.807) is 0 Å². The average molecular weight is 248 g/mol. The highest BCUT2D eigenvalue weighted by atomic mass is 16.5. The Kier molecular flexibility index (Phi) is 4.33. The summed E-state index contributed by atoms with van der Waals surface area (Å²) in [5, 5.41) is 3.31. The summed E-state index contributed by atoms with van der Waals surface area (Å²) in [4.78, 5) is 11.6. The molecule has 0 saturated heterocycles. The molecule has 0 amide bonds. The van der Waals surface area contributed by atoms with Crippen molar-refractivity contribution in [3.63, 3.8) is 0 Å². The number of hydrogen-bond donors (Lipinski definition) is 2. The monoisotopic (exact) mass is 248 g/mol. The largest absolute Gasteiger partial charge is 0.468 e. The van der Waals surface area contributed by atoms with Crippen LogP contribution in [0.15, 0.2) is 24.3 Å². The third-order valence-corrected chi connectivity index (χ3v) is 3.49. The van der Waals surface area contributed by atoms with Crippen LogP contribution in [-0.4, -0.2) is 25.7 Å². The molecule has 0 aliphatic heterocycles. The molecule has 0 aromatic heterocycles. The summed E-state index contributed by atoms with van der Waals surface area (Å²) < 4.78 is 4.75. The molecule has 1 aliphatic carbocycles. The molecular weight excluding hydrogens is 228 g/mol. The number of carbonyl (C=O) groups is 1. The SMILES string of the molecule is COC(=O)C(CN)NC1CCCc2ccccc21. The molecule has 0 bridgehead atoms. The molecule has 1 aromatic rings. The molecule has 1 aliphatic rings. The second-order valence-corrected chi connectivity index (χ2v) is 4.62. The zero-order chi connectivity index (χ0) is 13.0. The molecule has 98 valence electrons. The topological polar surface area (TPSA) is 64.3 Å². The lowest BCUT2D eigenvalue weighted by molar-refractivity contribution is -0.143. The fourth-order valence-electron chi connectivity index (χ4n) is 2.54. The molecule has 0 fully saturated rings. The molecule has 0 heterocycles. The molecule has 0 saturated carbocycles. The summed E-state index contributed by atoms with van der Waals surface area (Å²) in [7, 11) is 1.39. The molecule has 0 radical (unpaired) electrons. The predicted molar refractivity (Wildman–Crippen MR) is 70.1 cm³/mol. The van der Waals surface area contributed by atoms with E-state index in [9.17, 15) is 4.79 Å². The van der Waals surface area contributed by atoms with Crippen LogP contribution in [0.25, 0.3) is 0 Å². The first-order chi connectivity index (χ1) is 8.76. The van der Waals surface area contributed by atoms with Crippen LogP contribution in [0, 0.1) is 0 Å². The number of hydrogen-bond acceptors (Lipinski definition) is 4. The lowest BCUT2D eigenvalue weighted by Gasteiger charge is -2.29. The second kappa shape index (κ2) is 5.98. The molecule has 4 nitrogen and oxygen atoms in total. The van der Waals surface area contributed by atoms with Crippen LogP contribution in [-0.2, 0) is 16.0 Å². The van der Waals surface area contributed by atoms with Gasteiger partial charge in [-0.3, -0.25) is 10.1 Å². The lowest BCUT2D eigenvalue weighted by atomic mass is 9.87. The Balaban J connectivity index is 2.13. The number of benzene rings is 1. The van der Waals surface area contributed by atoms with Crippen LogP contribution in [0.2, 0.25) is 0 Å². The van der Waals surface area contributed by atoms with Gasteiger partial charge in [-0.1, -0.05) is 24.3 Å². The van der Waals surface area contributed by atoms with Crippen molar-refractivity contribution < 1.29 is 9.53 Å². The zero-order valence-electron chi connectivity index (χ0n) is 10.7. The van der Waals surface area contributed by atoms with Crippen molar-refractivity contribution in [1.29, 1.82) is 0 Å².